The third-order valence-electron chi connectivity index (χ3n) is 7.72. The van der Waals surface area contributed by atoms with Crippen LogP contribution >= 0.6 is 0 Å². The van der Waals surface area contributed by atoms with Crippen LogP contribution in [0, 0.1) is 5.92 Å². The Morgan fingerprint density at radius 1 is 0.841 bits per heavy atom. The van der Waals surface area contributed by atoms with Crippen LogP contribution in [0.2, 0.25) is 0 Å². The number of hydrogen-bond acceptors (Lipinski definition) is 6. The zero-order valence-electron chi connectivity index (χ0n) is 24.8. The van der Waals surface area contributed by atoms with Crippen LogP contribution in [0.15, 0.2) is 91.0 Å². The SMILES string of the molecule is CC[C@H]1O[C@@H](C(F)(F)C[C@@H](NC(=O)OCc2ccccc2)C(=O)O)[C@H](OCc2ccccc2)[C@@H](OCc2ccccc2)[C@H]1C. The molecule has 0 radical (unpaired) electrons. The van der Waals surface area contributed by atoms with Gasteiger partial charge in [0.2, 0.25) is 0 Å². The van der Waals surface area contributed by atoms with E-state index in [-0.39, 0.29) is 25.7 Å². The number of ether oxygens (including phenoxy) is 4. The topological polar surface area (TPSA) is 103 Å². The molecule has 44 heavy (non-hydrogen) atoms. The summed E-state index contributed by atoms with van der Waals surface area (Å²) in [7, 11) is 0. The van der Waals surface area contributed by atoms with E-state index >= 15 is 8.78 Å². The highest BCUT2D eigenvalue weighted by Gasteiger charge is 2.56. The Hall–Kier alpha value is -3.86. The average Bonchev–Trinajstić information content (AvgIpc) is 3.03. The van der Waals surface area contributed by atoms with Gasteiger partial charge in [0.15, 0.2) is 0 Å². The number of carboxylic acid groups (broad SMARTS) is 1. The predicted octanol–water partition coefficient (Wildman–Crippen LogP) is 6.38. The first-order chi connectivity index (χ1) is 21.2. The molecule has 6 atom stereocenters. The molecule has 1 aliphatic heterocycles. The van der Waals surface area contributed by atoms with E-state index in [1.54, 1.807) is 30.3 Å². The molecule has 10 heteroatoms. The van der Waals surface area contributed by atoms with Gasteiger partial charge in [0.25, 0.3) is 5.92 Å². The summed E-state index contributed by atoms with van der Waals surface area (Å²) in [5.74, 6) is -5.67. The molecule has 3 aromatic rings. The predicted molar refractivity (Wildman–Crippen MR) is 159 cm³/mol. The van der Waals surface area contributed by atoms with Gasteiger partial charge in [-0.15, -0.1) is 0 Å². The molecular weight excluding hydrogens is 572 g/mol. The van der Waals surface area contributed by atoms with E-state index in [9.17, 15) is 14.7 Å². The molecule has 236 valence electrons. The van der Waals surface area contributed by atoms with Crippen molar-refractivity contribution >= 4 is 12.1 Å². The van der Waals surface area contributed by atoms with Gasteiger partial charge < -0.3 is 29.4 Å². The number of nitrogens with one attached hydrogen (secondary N) is 1. The first-order valence-corrected chi connectivity index (χ1v) is 14.7. The van der Waals surface area contributed by atoms with Gasteiger partial charge >= 0.3 is 12.1 Å². The largest absolute Gasteiger partial charge is 0.480 e. The maximum absolute atomic E-state index is 16.3. The van der Waals surface area contributed by atoms with Crippen LogP contribution < -0.4 is 5.32 Å². The molecule has 0 bridgehead atoms. The Bertz CT molecular complexity index is 1310. The van der Waals surface area contributed by atoms with Crippen molar-refractivity contribution in [1.29, 1.82) is 0 Å². The van der Waals surface area contributed by atoms with Crippen LogP contribution in [0.3, 0.4) is 0 Å². The van der Waals surface area contributed by atoms with Crippen molar-refractivity contribution in [3.05, 3.63) is 108 Å². The zero-order valence-corrected chi connectivity index (χ0v) is 24.8. The first kappa shape index (κ1) is 33.0. The standard InChI is InChI=1S/C34H39F2NO7/c1-3-28-23(2)29(41-20-24-13-7-4-8-14-24)30(42-21-25-15-9-5-10-16-25)31(44-28)34(35,36)19-27(32(38)39)37-33(40)43-22-26-17-11-6-12-18-26/h4-18,23,27-31H,3,19-22H2,1-2H3,(H,37,40)(H,38,39)/t23-,27+,28+,29-,30+,31+/m0/s1. The molecule has 0 saturated carbocycles. The first-order valence-electron chi connectivity index (χ1n) is 14.7. The third kappa shape index (κ3) is 9.07. The fourth-order valence-electron chi connectivity index (χ4n) is 5.34. The van der Waals surface area contributed by atoms with E-state index in [2.05, 4.69) is 5.32 Å². The lowest BCUT2D eigenvalue weighted by atomic mass is 9.83. The Balaban J connectivity index is 1.54. The molecule has 4 rings (SSSR count). The second-order valence-corrected chi connectivity index (χ2v) is 10.9. The normalized spacial score (nSPS) is 22.6. The summed E-state index contributed by atoms with van der Waals surface area (Å²) < 4.78 is 56.0. The number of alkyl carbamates (subject to hydrolysis) is 1. The summed E-state index contributed by atoms with van der Waals surface area (Å²) in [6.07, 6.45) is -6.42. The highest BCUT2D eigenvalue weighted by Crippen LogP contribution is 2.41. The molecule has 1 aliphatic rings. The fraction of sp³-hybridized carbons (Fsp3) is 0.412. The lowest BCUT2D eigenvalue weighted by Gasteiger charge is -2.47. The summed E-state index contributed by atoms with van der Waals surface area (Å²) in [6.45, 7) is 3.75. The summed E-state index contributed by atoms with van der Waals surface area (Å²) in [6, 6.07) is 25.3. The molecule has 0 aliphatic carbocycles. The Kier molecular flexibility index (Phi) is 11.8. The Morgan fingerprint density at radius 2 is 1.32 bits per heavy atom. The number of carboxylic acids is 1. The van der Waals surface area contributed by atoms with E-state index in [0.717, 1.165) is 11.1 Å². The third-order valence-corrected chi connectivity index (χ3v) is 7.72. The molecule has 1 heterocycles. The Labute approximate surface area is 256 Å². The number of benzene rings is 3. The van der Waals surface area contributed by atoms with Crippen molar-refractivity contribution < 1.29 is 42.4 Å². The maximum atomic E-state index is 16.3. The van der Waals surface area contributed by atoms with Crippen molar-refractivity contribution in [1.82, 2.24) is 5.32 Å². The van der Waals surface area contributed by atoms with Gasteiger partial charge in [-0.25, -0.2) is 18.4 Å². The van der Waals surface area contributed by atoms with E-state index < -0.39 is 54.9 Å². The molecule has 1 fully saturated rings. The number of aliphatic carboxylic acids is 1. The maximum Gasteiger partial charge on any atom is 0.408 e. The summed E-state index contributed by atoms with van der Waals surface area (Å²) in [4.78, 5) is 24.5. The second kappa shape index (κ2) is 15.7. The van der Waals surface area contributed by atoms with Gasteiger partial charge in [0, 0.05) is 12.3 Å². The van der Waals surface area contributed by atoms with Crippen molar-refractivity contribution in [2.45, 2.75) is 82.9 Å². The van der Waals surface area contributed by atoms with Gasteiger partial charge in [0.1, 0.15) is 24.9 Å². The monoisotopic (exact) mass is 611 g/mol. The number of carbonyl (C=O) groups excluding carboxylic acids is 1. The number of amides is 1. The lowest BCUT2D eigenvalue weighted by Crippen LogP contribution is -2.62. The van der Waals surface area contributed by atoms with E-state index in [4.69, 9.17) is 18.9 Å². The van der Waals surface area contributed by atoms with Crippen LogP contribution in [0.25, 0.3) is 0 Å². The van der Waals surface area contributed by atoms with Crippen LogP contribution in [0.1, 0.15) is 43.4 Å². The van der Waals surface area contributed by atoms with Crippen LogP contribution in [-0.4, -0.2) is 53.5 Å². The van der Waals surface area contributed by atoms with Crippen LogP contribution in [0.5, 0.6) is 0 Å². The number of carbonyl (C=O) groups is 2. The molecule has 3 aromatic carbocycles. The summed E-state index contributed by atoms with van der Waals surface area (Å²) >= 11 is 0. The molecular formula is C34H39F2NO7. The quantitative estimate of drug-likeness (QED) is 0.218. The van der Waals surface area contributed by atoms with Gasteiger partial charge in [-0.1, -0.05) is 105 Å². The minimum absolute atomic E-state index is 0.0164. The number of rotatable bonds is 14. The van der Waals surface area contributed by atoms with Crippen LogP contribution in [0.4, 0.5) is 13.6 Å². The van der Waals surface area contributed by atoms with Crippen molar-refractivity contribution in [2.24, 2.45) is 5.92 Å². The second-order valence-electron chi connectivity index (χ2n) is 10.9. The minimum atomic E-state index is -3.74. The van der Waals surface area contributed by atoms with E-state index in [1.165, 1.54) is 0 Å². The van der Waals surface area contributed by atoms with Gasteiger partial charge in [-0.3, -0.25) is 0 Å². The minimum Gasteiger partial charge on any atom is -0.480 e. The molecule has 0 unspecified atom stereocenters. The molecule has 0 aromatic heterocycles. The van der Waals surface area contributed by atoms with Gasteiger partial charge in [-0.2, -0.15) is 0 Å². The molecule has 8 nitrogen and oxygen atoms in total. The summed E-state index contributed by atoms with van der Waals surface area (Å²) in [5.41, 5.74) is 2.30. The fourth-order valence-corrected chi connectivity index (χ4v) is 5.34. The number of hydrogen-bond donors (Lipinski definition) is 2. The van der Waals surface area contributed by atoms with E-state index in [1.807, 2.05) is 74.5 Å². The van der Waals surface area contributed by atoms with E-state index in [0.29, 0.717) is 12.0 Å². The smallest absolute Gasteiger partial charge is 0.408 e. The van der Waals surface area contributed by atoms with Crippen molar-refractivity contribution in [3.8, 4) is 0 Å². The van der Waals surface area contributed by atoms with Crippen molar-refractivity contribution in [3.63, 3.8) is 0 Å². The average molecular weight is 612 g/mol. The summed E-state index contributed by atoms with van der Waals surface area (Å²) in [5, 5.41) is 11.9. The van der Waals surface area contributed by atoms with Crippen LogP contribution in [-0.2, 0) is 43.6 Å². The van der Waals surface area contributed by atoms with Crippen molar-refractivity contribution in [2.75, 3.05) is 0 Å². The Morgan fingerprint density at radius 3 is 1.80 bits per heavy atom. The lowest BCUT2D eigenvalue weighted by molar-refractivity contribution is -0.285. The highest BCUT2D eigenvalue weighted by atomic mass is 19.3. The highest BCUT2D eigenvalue weighted by molar-refractivity contribution is 5.80. The molecule has 0 spiro atoms. The zero-order chi connectivity index (χ0) is 31.5. The number of alkyl halides is 2. The molecule has 2 N–H and O–H groups in total. The van der Waals surface area contributed by atoms with Gasteiger partial charge in [0.05, 0.1) is 25.4 Å². The molecule has 1 amide bonds. The molecule has 1 saturated heterocycles. The van der Waals surface area contributed by atoms with Gasteiger partial charge in [-0.05, 0) is 23.1 Å². The number of halogens is 2.